The van der Waals surface area contributed by atoms with E-state index in [1.54, 1.807) is 36.2 Å². The Kier molecular flexibility index (Phi) is 3.78. The van der Waals surface area contributed by atoms with E-state index in [0.717, 1.165) is 4.88 Å². The average molecular weight is 265 g/mol. The van der Waals surface area contributed by atoms with Crippen molar-refractivity contribution in [3.63, 3.8) is 0 Å². The van der Waals surface area contributed by atoms with Crippen molar-refractivity contribution in [3.8, 4) is 10.6 Å². The number of carbonyl (C=O) groups excluding carboxylic acids is 1. The fraction of sp³-hybridized carbons (Fsp3) is 0.333. The van der Waals surface area contributed by atoms with Gasteiger partial charge in [0.05, 0.1) is 17.0 Å². The molecule has 2 aromatic heterocycles. The van der Waals surface area contributed by atoms with Gasteiger partial charge in [-0.25, -0.2) is 0 Å². The molecular formula is C12H15N3O2S. The van der Waals surface area contributed by atoms with Crippen LogP contribution in [-0.4, -0.2) is 33.4 Å². The van der Waals surface area contributed by atoms with Crippen molar-refractivity contribution < 1.29 is 9.90 Å². The third-order valence-electron chi connectivity index (χ3n) is 2.48. The monoisotopic (exact) mass is 265 g/mol. The summed E-state index contributed by atoms with van der Waals surface area (Å²) in [5, 5.41) is 17.9. The highest BCUT2D eigenvalue weighted by Crippen LogP contribution is 2.26. The number of hydrogen-bond acceptors (Lipinski definition) is 4. The third-order valence-corrected chi connectivity index (χ3v) is 3.36. The van der Waals surface area contributed by atoms with Crippen LogP contribution in [0.1, 0.15) is 17.3 Å². The number of nitrogens with one attached hydrogen (secondary N) is 1. The zero-order chi connectivity index (χ0) is 13.1. The van der Waals surface area contributed by atoms with Gasteiger partial charge < -0.3 is 10.4 Å². The molecule has 0 aliphatic carbocycles. The van der Waals surface area contributed by atoms with Gasteiger partial charge in [0.15, 0.2) is 0 Å². The number of carbonyl (C=O) groups is 1. The van der Waals surface area contributed by atoms with E-state index in [-0.39, 0.29) is 18.6 Å². The molecule has 5 nitrogen and oxygen atoms in total. The fourth-order valence-electron chi connectivity index (χ4n) is 1.60. The maximum absolute atomic E-state index is 12.1. The van der Waals surface area contributed by atoms with Crippen LogP contribution in [0.25, 0.3) is 10.6 Å². The summed E-state index contributed by atoms with van der Waals surface area (Å²) >= 11 is 1.54. The first-order valence-corrected chi connectivity index (χ1v) is 6.49. The molecule has 0 radical (unpaired) electrons. The van der Waals surface area contributed by atoms with E-state index in [9.17, 15) is 4.79 Å². The summed E-state index contributed by atoms with van der Waals surface area (Å²) in [6.07, 6.45) is 1.69. The molecule has 6 heteroatoms. The SMILES string of the molecule is CC(CO)NC(=O)c1cn(C)nc1-c1cccs1. The average Bonchev–Trinajstić information content (AvgIpc) is 2.96. The number of aliphatic hydroxyl groups excluding tert-OH is 1. The zero-order valence-electron chi connectivity index (χ0n) is 10.3. The van der Waals surface area contributed by atoms with Gasteiger partial charge in [0.2, 0.25) is 0 Å². The largest absolute Gasteiger partial charge is 0.394 e. The quantitative estimate of drug-likeness (QED) is 0.874. The summed E-state index contributed by atoms with van der Waals surface area (Å²) < 4.78 is 1.62. The van der Waals surface area contributed by atoms with Crippen molar-refractivity contribution in [2.45, 2.75) is 13.0 Å². The molecule has 0 fully saturated rings. The number of nitrogens with zero attached hydrogens (tertiary/aromatic N) is 2. The summed E-state index contributed by atoms with van der Waals surface area (Å²) in [7, 11) is 1.78. The molecule has 1 amide bonds. The maximum Gasteiger partial charge on any atom is 0.255 e. The molecule has 18 heavy (non-hydrogen) atoms. The fourth-order valence-corrected chi connectivity index (χ4v) is 2.32. The number of hydrogen-bond donors (Lipinski definition) is 2. The lowest BCUT2D eigenvalue weighted by atomic mass is 10.2. The Bertz CT molecular complexity index is 534. The summed E-state index contributed by atoms with van der Waals surface area (Å²) in [5.41, 5.74) is 1.20. The van der Waals surface area contributed by atoms with Crippen LogP contribution in [0.2, 0.25) is 0 Å². The van der Waals surface area contributed by atoms with Crippen molar-refractivity contribution in [3.05, 3.63) is 29.3 Å². The molecule has 1 unspecified atom stereocenters. The van der Waals surface area contributed by atoms with Gasteiger partial charge in [-0.2, -0.15) is 5.10 Å². The first-order valence-electron chi connectivity index (χ1n) is 5.61. The van der Waals surface area contributed by atoms with E-state index in [1.807, 2.05) is 17.5 Å². The lowest BCUT2D eigenvalue weighted by Crippen LogP contribution is -2.35. The minimum absolute atomic E-state index is 0.0830. The highest BCUT2D eigenvalue weighted by Gasteiger charge is 2.18. The Balaban J connectivity index is 2.31. The van der Waals surface area contributed by atoms with Crippen LogP contribution in [0.5, 0.6) is 0 Å². The van der Waals surface area contributed by atoms with Crippen molar-refractivity contribution in [2.75, 3.05) is 6.61 Å². The number of aromatic nitrogens is 2. The lowest BCUT2D eigenvalue weighted by Gasteiger charge is -2.09. The Morgan fingerprint density at radius 3 is 3.06 bits per heavy atom. The van der Waals surface area contributed by atoms with E-state index >= 15 is 0 Å². The van der Waals surface area contributed by atoms with Gasteiger partial charge in [0, 0.05) is 19.3 Å². The van der Waals surface area contributed by atoms with Gasteiger partial charge in [-0.15, -0.1) is 11.3 Å². The molecule has 0 saturated heterocycles. The Hall–Kier alpha value is -1.66. The van der Waals surface area contributed by atoms with E-state index in [0.29, 0.717) is 11.3 Å². The van der Waals surface area contributed by atoms with Gasteiger partial charge in [0.1, 0.15) is 5.69 Å². The van der Waals surface area contributed by atoms with Crippen LogP contribution in [-0.2, 0) is 7.05 Å². The van der Waals surface area contributed by atoms with Gasteiger partial charge in [0.25, 0.3) is 5.91 Å². The van der Waals surface area contributed by atoms with Crippen molar-refractivity contribution in [2.24, 2.45) is 7.05 Å². The Labute approximate surface area is 109 Å². The van der Waals surface area contributed by atoms with Crippen molar-refractivity contribution >= 4 is 17.2 Å². The molecule has 0 saturated carbocycles. The highest BCUT2D eigenvalue weighted by atomic mass is 32.1. The first-order chi connectivity index (χ1) is 8.61. The number of thiophene rings is 1. The van der Waals surface area contributed by atoms with Crippen molar-refractivity contribution in [1.29, 1.82) is 0 Å². The molecule has 0 bridgehead atoms. The van der Waals surface area contributed by atoms with Crippen LogP contribution >= 0.6 is 11.3 Å². The molecule has 2 N–H and O–H groups in total. The lowest BCUT2D eigenvalue weighted by molar-refractivity contribution is 0.0923. The number of rotatable bonds is 4. The molecule has 1 atom stereocenters. The molecular weight excluding hydrogens is 250 g/mol. The minimum atomic E-state index is -0.270. The van der Waals surface area contributed by atoms with Crippen LogP contribution in [0, 0.1) is 0 Å². The summed E-state index contributed by atoms with van der Waals surface area (Å²) in [5.74, 6) is -0.215. The third kappa shape index (κ3) is 2.60. The molecule has 96 valence electrons. The summed E-state index contributed by atoms with van der Waals surface area (Å²) in [6, 6.07) is 3.58. The minimum Gasteiger partial charge on any atom is -0.394 e. The first kappa shape index (κ1) is 12.8. The summed E-state index contributed by atoms with van der Waals surface area (Å²) in [6.45, 7) is 1.67. The van der Waals surface area contributed by atoms with E-state index in [4.69, 9.17) is 5.11 Å². The molecule has 0 aromatic carbocycles. The maximum atomic E-state index is 12.1. The number of aryl methyl sites for hydroxylation is 1. The molecule has 0 aliphatic heterocycles. The van der Waals surface area contributed by atoms with E-state index in [1.165, 1.54) is 0 Å². The van der Waals surface area contributed by atoms with Crippen LogP contribution < -0.4 is 5.32 Å². The number of amides is 1. The van der Waals surface area contributed by atoms with Crippen LogP contribution in [0.3, 0.4) is 0 Å². The smallest absolute Gasteiger partial charge is 0.255 e. The Morgan fingerprint density at radius 1 is 1.67 bits per heavy atom. The molecule has 2 aromatic rings. The van der Waals surface area contributed by atoms with E-state index in [2.05, 4.69) is 10.4 Å². The second-order valence-corrected chi connectivity index (χ2v) is 5.05. The van der Waals surface area contributed by atoms with Gasteiger partial charge in [-0.05, 0) is 18.4 Å². The molecule has 2 heterocycles. The summed E-state index contributed by atoms with van der Waals surface area (Å²) in [4.78, 5) is 13.0. The van der Waals surface area contributed by atoms with Gasteiger partial charge in [-0.3, -0.25) is 9.48 Å². The zero-order valence-corrected chi connectivity index (χ0v) is 11.1. The normalized spacial score (nSPS) is 12.4. The second-order valence-electron chi connectivity index (χ2n) is 4.10. The molecule has 2 rings (SSSR count). The predicted molar refractivity (Wildman–Crippen MR) is 70.5 cm³/mol. The topological polar surface area (TPSA) is 67.2 Å². The van der Waals surface area contributed by atoms with Crippen molar-refractivity contribution in [1.82, 2.24) is 15.1 Å². The highest BCUT2D eigenvalue weighted by molar-refractivity contribution is 7.13. The van der Waals surface area contributed by atoms with E-state index < -0.39 is 0 Å². The second kappa shape index (κ2) is 5.32. The van der Waals surface area contributed by atoms with Crippen LogP contribution in [0.4, 0.5) is 0 Å². The molecule has 0 spiro atoms. The van der Waals surface area contributed by atoms with Gasteiger partial charge >= 0.3 is 0 Å². The molecule has 0 aliphatic rings. The standard InChI is InChI=1S/C12H15N3O2S/c1-8(7-16)13-12(17)9-6-15(2)14-11(9)10-4-3-5-18-10/h3-6,8,16H,7H2,1-2H3,(H,13,17). The number of aliphatic hydroxyl groups is 1. The van der Waals surface area contributed by atoms with Crippen LogP contribution in [0.15, 0.2) is 23.7 Å². The Morgan fingerprint density at radius 2 is 2.44 bits per heavy atom. The predicted octanol–water partition coefficient (Wildman–Crippen LogP) is 1.26. The van der Waals surface area contributed by atoms with Gasteiger partial charge in [-0.1, -0.05) is 6.07 Å².